The summed E-state index contributed by atoms with van der Waals surface area (Å²) < 4.78 is 11.9. The molecule has 1 aliphatic heterocycles. The zero-order valence-electron chi connectivity index (χ0n) is 16.7. The van der Waals surface area contributed by atoms with Crippen LogP contribution in [0.15, 0.2) is 41.4 Å². The SMILES string of the molecule is CCCOc1cc2c(cc1OCCC)C(/C=C/c1ccc(Cl)cc1Cl)=NCC2.Cl. The Morgan fingerprint density at radius 1 is 0.966 bits per heavy atom. The second kappa shape index (κ2) is 11.5. The fourth-order valence-electron chi connectivity index (χ4n) is 3.03. The molecule has 2 aromatic rings. The normalized spacial score (nSPS) is 12.9. The molecule has 6 heteroatoms. The Hall–Kier alpha value is -1.68. The van der Waals surface area contributed by atoms with Gasteiger partial charge in [-0.05, 0) is 60.7 Å². The Balaban J connectivity index is 0.00000300. The molecule has 0 unspecified atom stereocenters. The van der Waals surface area contributed by atoms with Crippen molar-refractivity contribution in [2.75, 3.05) is 19.8 Å². The average Bonchev–Trinajstić information content (AvgIpc) is 2.69. The van der Waals surface area contributed by atoms with Crippen molar-refractivity contribution in [3.8, 4) is 11.5 Å². The molecule has 156 valence electrons. The molecular formula is C23H26Cl3NO2. The lowest BCUT2D eigenvalue weighted by Crippen LogP contribution is -2.13. The van der Waals surface area contributed by atoms with Crippen LogP contribution in [0.3, 0.4) is 0 Å². The molecule has 1 aliphatic rings. The highest BCUT2D eigenvalue weighted by molar-refractivity contribution is 6.35. The molecule has 0 bridgehead atoms. The van der Waals surface area contributed by atoms with Crippen LogP contribution in [0.4, 0.5) is 0 Å². The van der Waals surface area contributed by atoms with Gasteiger partial charge in [-0.1, -0.05) is 49.2 Å². The molecule has 3 rings (SSSR count). The first-order valence-electron chi connectivity index (χ1n) is 9.72. The molecule has 0 aliphatic carbocycles. The van der Waals surface area contributed by atoms with Gasteiger partial charge in [0.25, 0.3) is 0 Å². The second-order valence-corrected chi connectivity index (χ2v) is 7.51. The van der Waals surface area contributed by atoms with Crippen molar-refractivity contribution in [1.29, 1.82) is 0 Å². The van der Waals surface area contributed by atoms with Gasteiger partial charge in [-0.15, -0.1) is 12.4 Å². The van der Waals surface area contributed by atoms with E-state index in [-0.39, 0.29) is 12.4 Å². The molecule has 0 radical (unpaired) electrons. The quantitative estimate of drug-likeness (QED) is 0.428. The Labute approximate surface area is 189 Å². The van der Waals surface area contributed by atoms with Gasteiger partial charge in [-0.25, -0.2) is 0 Å². The van der Waals surface area contributed by atoms with E-state index in [1.807, 2.05) is 24.3 Å². The molecule has 3 nitrogen and oxygen atoms in total. The van der Waals surface area contributed by atoms with Gasteiger partial charge in [0.2, 0.25) is 0 Å². The summed E-state index contributed by atoms with van der Waals surface area (Å²) in [5.74, 6) is 1.60. The summed E-state index contributed by atoms with van der Waals surface area (Å²) in [4.78, 5) is 4.71. The molecule has 0 spiro atoms. The molecule has 0 atom stereocenters. The maximum absolute atomic E-state index is 6.29. The zero-order valence-corrected chi connectivity index (χ0v) is 19.0. The molecule has 2 aromatic carbocycles. The van der Waals surface area contributed by atoms with Gasteiger partial charge in [0.15, 0.2) is 11.5 Å². The third kappa shape index (κ3) is 6.15. The van der Waals surface area contributed by atoms with E-state index in [1.165, 1.54) is 5.56 Å². The van der Waals surface area contributed by atoms with Crippen LogP contribution in [-0.2, 0) is 6.42 Å². The number of hydrogen-bond donors (Lipinski definition) is 0. The number of benzene rings is 2. The van der Waals surface area contributed by atoms with Crippen LogP contribution in [-0.4, -0.2) is 25.5 Å². The fourth-order valence-corrected chi connectivity index (χ4v) is 3.50. The van der Waals surface area contributed by atoms with Crippen molar-refractivity contribution in [2.45, 2.75) is 33.1 Å². The summed E-state index contributed by atoms with van der Waals surface area (Å²) in [7, 11) is 0. The molecule has 0 amide bonds. The largest absolute Gasteiger partial charge is 0.490 e. The van der Waals surface area contributed by atoms with E-state index in [4.69, 9.17) is 37.7 Å². The van der Waals surface area contributed by atoms with Crippen LogP contribution in [0.1, 0.15) is 43.4 Å². The molecule has 0 fully saturated rings. The highest BCUT2D eigenvalue weighted by Crippen LogP contribution is 2.34. The first-order chi connectivity index (χ1) is 13.6. The van der Waals surface area contributed by atoms with Gasteiger partial charge in [0, 0.05) is 22.2 Å². The van der Waals surface area contributed by atoms with Gasteiger partial charge < -0.3 is 9.47 Å². The predicted molar refractivity (Wildman–Crippen MR) is 126 cm³/mol. The maximum atomic E-state index is 6.29. The van der Waals surface area contributed by atoms with Gasteiger partial charge in [-0.3, -0.25) is 4.99 Å². The van der Waals surface area contributed by atoms with Crippen LogP contribution in [0.5, 0.6) is 11.5 Å². The van der Waals surface area contributed by atoms with E-state index in [0.717, 1.165) is 54.1 Å². The predicted octanol–water partition coefficient (Wildman–Crippen LogP) is 7.05. The number of fused-ring (bicyclic) bond motifs is 1. The van der Waals surface area contributed by atoms with E-state index >= 15 is 0 Å². The highest BCUT2D eigenvalue weighted by Gasteiger charge is 2.18. The number of aliphatic imine (C=N–C) groups is 1. The van der Waals surface area contributed by atoms with Crippen LogP contribution in [0.2, 0.25) is 10.0 Å². The number of hydrogen-bond acceptors (Lipinski definition) is 3. The van der Waals surface area contributed by atoms with E-state index in [0.29, 0.717) is 23.3 Å². The minimum absolute atomic E-state index is 0. The topological polar surface area (TPSA) is 30.8 Å². The summed E-state index contributed by atoms with van der Waals surface area (Å²) in [6.45, 7) is 6.28. The first kappa shape index (κ1) is 23.6. The van der Waals surface area contributed by atoms with Crippen molar-refractivity contribution >= 4 is 47.4 Å². The maximum Gasteiger partial charge on any atom is 0.161 e. The monoisotopic (exact) mass is 453 g/mol. The van der Waals surface area contributed by atoms with Crippen molar-refractivity contribution in [3.63, 3.8) is 0 Å². The number of allylic oxidation sites excluding steroid dienone is 1. The summed E-state index contributed by atoms with van der Waals surface area (Å²) in [5.41, 5.74) is 4.15. The van der Waals surface area contributed by atoms with E-state index in [1.54, 1.807) is 6.07 Å². The third-order valence-electron chi connectivity index (χ3n) is 4.42. The Morgan fingerprint density at radius 3 is 2.31 bits per heavy atom. The Morgan fingerprint density at radius 2 is 1.66 bits per heavy atom. The van der Waals surface area contributed by atoms with E-state index < -0.39 is 0 Å². The number of rotatable bonds is 8. The molecule has 0 saturated heterocycles. The van der Waals surface area contributed by atoms with Gasteiger partial charge in [0.1, 0.15) is 0 Å². The molecule has 0 saturated carbocycles. The standard InChI is InChI=1S/C23H25Cl2NO2.ClH/c1-3-11-27-22-13-17-9-10-26-21(19(17)15-23(22)28-12-4-2)8-6-16-5-7-18(24)14-20(16)25;/h5-8,13-15H,3-4,9-12H2,1-2H3;1H/b8-6+;. The van der Waals surface area contributed by atoms with Crippen LogP contribution < -0.4 is 9.47 Å². The van der Waals surface area contributed by atoms with Crippen molar-refractivity contribution < 1.29 is 9.47 Å². The minimum Gasteiger partial charge on any atom is -0.490 e. The smallest absolute Gasteiger partial charge is 0.161 e. The lowest BCUT2D eigenvalue weighted by atomic mass is 9.96. The molecule has 0 N–H and O–H groups in total. The molecule has 0 aromatic heterocycles. The number of halogens is 3. The van der Waals surface area contributed by atoms with E-state index in [9.17, 15) is 0 Å². The van der Waals surface area contributed by atoms with E-state index in [2.05, 4.69) is 26.0 Å². The van der Waals surface area contributed by atoms with Crippen LogP contribution in [0.25, 0.3) is 6.08 Å². The second-order valence-electron chi connectivity index (χ2n) is 6.67. The van der Waals surface area contributed by atoms with Crippen molar-refractivity contribution in [3.05, 3.63) is 63.1 Å². The van der Waals surface area contributed by atoms with Gasteiger partial charge in [-0.2, -0.15) is 0 Å². The Bertz CT molecular complexity index is 894. The summed E-state index contributed by atoms with van der Waals surface area (Å²) in [5, 5.41) is 1.25. The number of ether oxygens (including phenoxy) is 2. The molecule has 1 heterocycles. The van der Waals surface area contributed by atoms with Crippen LogP contribution in [0, 0.1) is 0 Å². The van der Waals surface area contributed by atoms with Crippen molar-refractivity contribution in [2.24, 2.45) is 4.99 Å². The number of nitrogens with zero attached hydrogens (tertiary/aromatic N) is 1. The van der Waals surface area contributed by atoms with Gasteiger partial charge in [0.05, 0.1) is 18.9 Å². The van der Waals surface area contributed by atoms with Crippen LogP contribution >= 0.6 is 35.6 Å². The fraction of sp³-hybridized carbons (Fsp3) is 0.348. The first-order valence-corrected chi connectivity index (χ1v) is 10.5. The Kier molecular flexibility index (Phi) is 9.35. The summed E-state index contributed by atoms with van der Waals surface area (Å²) in [6.07, 6.45) is 6.77. The van der Waals surface area contributed by atoms with Crippen molar-refractivity contribution in [1.82, 2.24) is 0 Å². The summed E-state index contributed by atoms with van der Waals surface area (Å²) >= 11 is 12.3. The molecule has 29 heavy (non-hydrogen) atoms. The molecular weight excluding hydrogens is 429 g/mol. The third-order valence-corrected chi connectivity index (χ3v) is 4.98. The minimum atomic E-state index is 0. The van der Waals surface area contributed by atoms with Gasteiger partial charge >= 0.3 is 0 Å². The average molecular weight is 455 g/mol. The zero-order chi connectivity index (χ0) is 19.9. The lowest BCUT2D eigenvalue weighted by molar-refractivity contribution is 0.268. The summed E-state index contributed by atoms with van der Waals surface area (Å²) in [6, 6.07) is 9.64. The lowest BCUT2D eigenvalue weighted by Gasteiger charge is -2.20. The highest BCUT2D eigenvalue weighted by atomic mass is 35.5.